The molecule has 2 aromatic heterocycles. The van der Waals surface area contributed by atoms with Crippen LogP contribution in [0.25, 0.3) is 0 Å². The lowest BCUT2D eigenvalue weighted by atomic mass is 9.61. The molecule has 11 nitrogen and oxygen atoms in total. The highest BCUT2D eigenvalue weighted by Crippen LogP contribution is 2.59. The fourth-order valence-corrected chi connectivity index (χ4v) is 8.42. The lowest BCUT2D eigenvalue weighted by Gasteiger charge is -2.49. The first-order chi connectivity index (χ1) is 21.6. The van der Waals surface area contributed by atoms with Gasteiger partial charge in [-0.2, -0.15) is 10.2 Å². The van der Waals surface area contributed by atoms with Gasteiger partial charge >= 0.3 is 8.25 Å². The molecule has 2 unspecified atom stereocenters. The molecule has 46 heavy (non-hydrogen) atoms. The summed E-state index contributed by atoms with van der Waals surface area (Å²) in [7, 11) is -3.46. The predicted molar refractivity (Wildman–Crippen MR) is 166 cm³/mol. The van der Waals surface area contributed by atoms with Gasteiger partial charge in [0.15, 0.2) is 0 Å². The van der Waals surface area contributed by atoms with Crippen molar-refractivity contribution >= 4 is 8.25 Å². The highest BCUT2D eigenvalue weighted by atomic mass is 31.1. The third-order valence-corrected chi connectivity index (χ3v) is 10.1. The molecule has 0 amide bonds. The average molecular weight is 660 g/mol. The fourth-order valence-electron chi connectivity index (χ4n) is 7.44. The van der Waals surface area contributed by atoms with E-state index in [4.69, 9.17) is 9.05 Å². The second-order valence-electron chi connectivity index (χ2n) is 12.7. The van der Waals surface area contributed by atoms with Crippen molar-refractivity contribution < 1.29 is 32.6 Å². The van der Waals surface area contributed by atoms with Gasteiger partial charge in [0, 0.05) is 15.7 Å². The van der Waals surface area contributed by atoms with Gasteiger partial charge in [0.25, 0.3) is 11.6 Å². The zero-order valence-electron chi connectivity index (χ0n) is 27.2. The SMILES string of the molecule is CC(C)C(c1ncn[nH]1)(C(C)C)C(O)(O[P+](=O)OC(O)(c1ccc(F)cc1)C(c1ncn[nH]1)(C(C)C)C(C)C)c1ccc(F)cc1. The van der Waals surface area contributed by atoms with Gasteiger partial charge in [-0.15, -0.1) is 0 Å². The Morgan fingerprint density at radius 1 is 0.630 bits per heavy atom. The van der Waals surface area contributed by atoms with E-state index in [1.54, 1.807) is 0 Å². The van der Waals surface area contributed by atoms with Crippen LogP contribution in [0.3, 0.4) is 0 Å². The summed E-state index contributed by atoms with van der Waals surface area (Å²) in [6.45, 7) is 14.6. The first kappa shape index (κ1) is 35.4. The molecule has 0 radical (unpaired) electrons. The van der Waals surface area contributed by atoms with E-state index in [0.29, 0.717) is 0 Å². The number of nitrogens with one attached hydrogen (secondary N) is 2. The van der Waals surface area contributed by atoms with Crippen LogP contribution < -0.4 is 0 Å². The predicted octanol–water partition coefficient (Wildman–Crippen LogP) is 6.38. The van der Waals surface area contributed by atoms with Gasteiger partial charge in [-0.25, -0.2) is 18.7 Å². The Kier molecular flexibility index (Phi) is 10.2. The summed E-state index contributed by atoms with van der Waals surface area (Å²) in [5, 5.41) is 39.3. The van der Waals surface area contributed by atoms with Gasteiger partial charge < -0.3 is 10.2 Å². The van der Waals surface area contributed by atoms with Crippen LogP contribution in [-0.4, -0.2) is 40.6 Å². The molecule has 0 spiro atoms. The molecule has 0 saturated heterocycles. The number of H-pyrrole nitrogens is 2. The molecule has 14 heteroatoms. The van der Waals surface area contributed by atoms with Crippen molar-refractivity contribution in [2.45, 2.75) is 77.8 Å². The number of halogens is 2. The van der Waals surface area contributed by atoms with Crippen LogP contribution in [0.5, 0.6) is 0 Å². The molecule has 0 fully saturated rings. The number of aromatic amines is 2. The van der Waals surface area contributed by atoms with E-state index in [0.717, 1.165) is 24.3 Å². The molecule has 2 atom stereocenters. The van der Waals surface area contributed by atoms with Crippen LogP contribution in [0.1, 0.15) is 78.2 Å². The summed E-state index contributed by atoms with van der Waals surface area (Å²) in [4.78, 5) is 8.75. The Morgan fingerprint density at radius 2 is 0.935 bits per heavy atom. The van der Waals surface area contributed by atoms with Crippen molar-refractivity contribution in [3.63, 3.8) is 0 Å². The molecule has 2 aromatic carbocycles. The Morgan fingerprint density at radius 3 is 1.17 bits per heavy atom. The standard InChI is InChI=1S/C32H42F2N6O5P/c1-19(2)29(20(3)4,27-35-17-37-39-27)31(41,23-9-13-25(33)14-10-23)44-46(43)45-32(42,24-11-15-26(34)16-12-24)30(21(5)6,22(7)8)28-36-18-38-40-28/h9-22,41-42H,1-8H3,(H,35,37,39)(H,36,38,40)/q+1. The number of aliphatic hydroxyl groups is 2. The molecule has 2 heterocycles. The van der Waals surface area contributed by atoms with Gasteiger partial charge in [-0.3, -0.25) is 10.2 Å². The van der Waals surface area contributed by atoms with Gasteiger partial charge in [0.1, 0.15) is 35.9 Å². The normalized spacial score (nSPS) is 15.9. The minimum atomic E-state index is -3.46. The highest BCUT2D eigenvalue weighted by Gasteiger charge is 2.68. The topological polar surface area (TPSA) is 159 Å². The summed E-state index contributed by atoms with van der Waals surface area (Å²) in [5.41, 5.74) is -2.83. The van der Waals surface area contributed by atoms with E-state index < -0.39 is 66.0 Å². The van der Waals surface area contributed by atoms with Gasteiger partial charge in [-0.05, 0) is 47.9 Å². The van der Waals surface area contributed by atoms with Crippen LogP contribution in [0.2, 0.25) is 0 Å². The molecular weight excluding hydrogens is 617 g/mol. The second kappa shape index (κ2) is 13.3. The quantitative estimate of drug-likeness (QED) is 0.0890. The number of aromatic nitrogens is 6. The molecule has 248 valence electrons. The molecule has 0 saturated carbocycles. The van der Waals surface area contributed by atoms with Crippen molar-refractivity contribution in [3.05, 3.63) is 95.6 Å². The van der Waals surface area contributed by atoms with Crippen molar-refractivity contribution in [1.29, 1.82) is 0 Å². The maximum Gasteiger partial charge on any atom is 0.704 e. The van der Waals surface area contributed by atoms with E-state index in [9.17, 15) is 23.6 Å². The fraction of sp³-hybridized carbons (Fsp3) is 0.500. The Labute approximate surface area is 268 Å². The van der Waals surface area contributed by atoms with Crippen molar-refractivity contribution in [3.8, 4) is 0 Å². The lowest BCUT2D eigenvalue weighted by molar-refractivity contribution is -0.259. The molecule has 4 rings (SSSR count). The minimum absolute atomic E-state index is 0.0548. The summed E-state index contributed by atoms with van der Waals surface area (Å²) in [6.07, 6.45) is 2.56. The van der Waals surface area contributed by atoms with E-state index in [-0.39, 0.29) is 22.8 Å². The molecule has 4 N–H and O–H groups in total. The van der Waals surface area contributed by atoms with Crippen molar-refractivity contribution in [2.24, 2.45) is 23.7 Å². The van der Waals surface area contributed by atoms with Crippen LogP contribution in [0.4, 0.5) is 8.78 Å². The number of benzene rings is 2. The zero-order chi connectivity index (χ0) is 34.1. The number of nitrogens with zero attached hydrogens (tertiary/aromatic N) is 4. The van der Waals surface area contributed by atoms with Crippen molar-refractivity contribution in [2.75, 3.05) is 0 Å². The smallest absolute Gasteiger partial charge is 0.358 e. The highest BCUT2D eigenvalue weighted by molar-refractivity contribution is 7.33. The summed E-state index contributed by atoms with van der Waals surface area (Å²) in [5.74, 6) is -7.48. The molecule has 0 aliphatic rings. The maximum atomic E-state index is 14.4. The lowest BCUT2D eigenvalue weighted by Crippen LogP contribution is -2.59. The molecule has 4 aromatic rings. The van der Waals surface area contributed by atoms with Crippen LogP contribution in [-0.2, 0) is 36.0 Å². The Balaban J connectivity index is 1.97. The van der Waals surface area contributed by atoms with Crippen molar-refractivity contribution in [1.82, 2.24) is 30.4 Å². The minimum Gasteiger partial charge on any atom is -0.358 e. The third kappa shape index (κ3) is 5.58. The zero-order valence-corrected chi connectivity index (χ0v) is 28.1. The first-order valence-corrected chi connectivity index (χ1v) is 16.2. The molecule has 0 aliphatic heterocycles. The van der Waals surface area contributed by atoms with E-state index >= 15 is 0 Å². The van der Waals surface area contributed by atoms with E-state index in [1.165, 1.54) is 36.9 Å². The first-order valence-electron chi connectivity index (χ1n) is 15.1. The van der Waals surface area contributed by atoms with Crippen LogP contribution in [0, 0.1) is 35.3 Å². The Hall–Kier alpha value is -3.48. The van der Waals surface area contributed by atoms with Crippen LogP contribution >= 0.6 is 8.25 Å². The maximum absolute atomic E-state index is 14.4. The van der Waals surface area contributed by atoms with E-state index in [2.05, 4.69) is 30.4 Å². The van der Waals surface area contributed by atoms with Crippen LogP contribution in [0.15, 0.2) is 61.2 Å². The van der Waals surface area contributed by atoms with Gasteiger partial charge in [0.2, 0.25) is 0 Å². The Bertz CT molecular complexity index is 1450. The monoisotopic (exact) mass is 659 g/mol. The average Bonchev–Trinajstić information content (AvgIpc) is 3.69. The summed E-state index contributed by atoms with van der Waals surface area (Å²) < 4.78 is 55.0. The number of hydrogen-bond donors (Lipinski definition) is 4. The van der Waals surface area contributed by atoms with Gasteiger partial charge in [-0.1, -0.05) is 88.7 Å². The molecule has 0 bridgehead atoms. The summed E-state index contributed by atoms with van der Waals surface area (Å²) >= 11 is 0. The largest absolute Gasteiger partial charge is 0.704 e. The second-order valence-corrected chi connectivity index (χ2v) is 13.5. The number of rotatable bonds is 14. The van der Waals surface area contributed by atoms with E-state index in [1.807, 2.05) is 55.4 Å². The molecule has 0 aliphatic carbocycles. The molecular formula is C32H42F2N6O5P+. The summed E-state index contributed by atoms with van der Waals surface area (Å²) in [6, 6.07) is 9.86. The third-order valence-electron chi connectivity index (χ3n) is 9.26. The van der Waals surface area contributed by atoms with Gasteiger partial charge in [0.05, 0.1) is 10.8 Å². The number of hydrogen-bond acceptors (Lipinski definition) is 9.